The number of aromatic nitrogens is 2. The van der Waals surface area contributed by atoms with Crippen LogP contribution >= 0.6 is 0 Å². The lowest BCUT2D eigenvalue weighted by Gasteiger charge is -2.32. The fourth-order valence-corrected chi connectivity index (χ4v) is 3.62. The molecule has 0 aliphatic carbocycles. The quantitative estimate of drug-likeness (QED) is 0.696. The zero-order valence-corrected chi connectivity index (χ0v) is 16.4. The molecule has 4 rings (SSSR count). The van der Waals surface area contributed by atoms with Crippen molar-refractivity contribution in [1.82, 2.24) is 9.36 Å². The fraction of sp³-hybridized carbons (Fsp3) is 0.227. The minimum atomic E-state index is -1.41. The lowest BCUT2D eigenvalue weighted by molar-refractivity contribution is -0.134. The lowest BCUT2D eigenvalue weighted by atomic mass is 9.89. The lowest BCUT2D eigenvalue weighted by Crippen LogP contribution is -2.49. The number of anilines is 1. The maximum absolute atomic E-state index is 13.1. The number of hydrogen-bond donors (Lipinski definition) is 1. The van der Waals surface area contributed by atoms with Crippen molar-refractivity contribution in [1.29, 1.82) is 0 Å². The zero-order valence-electron chi connectivity index (χ0n) is 16.4. The molecule has 1 amide bonds. The van der Waals surface area contributed by atoms with Crippen molar-refractivity contribution in [2.75, 3.05) is 5.32 Å². The highest BCUT2D eigenvalue weighted by atomic mass is 16.6. The van der Waals surface area contributed by atoms with Crippen LogP contribution in [0.2, 0.25) is 0 Å². The number of carbonyl (C=O) groups is 2. The SMILES string of the molecule is Cc1c(NC(=O)[C@]2(C)Cc3ccccc3C(=O)O2)c(=O)n(-c2ccccc2)n1C. The summed E-state index contributed by atoms with van der Waals surface area (Å²) >= 11 is 0. The standard InChI is InChI=1S/C22H21N3O4/c1-14-18(19(26)25(24(14)3)16-10-5-4-6-11-16)23-21(28)22(2)13-15-9-7-8-12-17(15)20(27)29-22/h4-12H,13H2,1-3H3,(H,23,28)/t22-/m0/s1. The van der Waals surface area contributed by atoms with Gasteiger partial charge in [-0.2, -0.15) is 0 Å². The number of esters is 1. The predicted octanol–water partition coefficient (Wildman–Crippen LogP) is 2.59. The Morgan fingerprint density at radius 3 is 2.45 bits per heavy atom. The molecule has 2 heterocycles. The molecule has 1 N–H and O–H groups in total. The minimum Gasteiger partial charge on any atom is -0.445 e. The largest absolute Gasteiger partial charge is 0.445 e. The number of benzene rings is 2. The molecule has 0 saturated carbocycles. The Morgan fingerprint density at radius 2 is 1.72 bits per heavy atom. The number of ether oxygens (including phenoxy) is 1. The average molecular weight is 391 g/mol. The van der Waals surface area contributed by atoms with Crippen LogP contribution < -0.4 is 10.9 Å². The highest BCUT2D eigenvalue weighted by Crippen LogP contribution is 2.29. The van der Waals surface area contributed by atoms with E-state index < -0.39 is 17.5 Å². The highest BCUT2D eigenvalue weighted by molar-refractivity contribution is 6.02. The van der Waals surface area contributed by atoms with Crippen LogP contribution in [0.5, 0.6) is 0 Å². The van der Waals surface area contributed by atoms with E-state index in [2.05, 4.69) is 5.32 Å². The van der Waals surface area contributed by atoms with Gasteiger partial charge in [0.25, 0.3) is 11.5 Å². The van der Waals surface area contributed by atoms with E-state index in [0.29, 0.717) is 16.9 Å². The molecule has 0 unspecified atom stereocenters. The molecule has 7 heteroatoms. The molecule has 0 fully saturated rings. The predicted molar refractivity (Wildman–Crippen MR) is 108 cm³/mol. The van der Waals surface area contributed by atoms with E-state index in [9.17, 15) is 14.4 Å². The van der Waals surface area contributed by atoms with Crippen LogP contribution in [0, 0.1) is 6.92 Å². The second-order valence-corrected chi connectivity index (χ2v) is 7.34. The van der Waals surface area contributed by atoms with Crippen molar-refractivity contribution in [3.63, 3.8) is 0 Å². The Kier molecular flexibility index (Phi) is 4.38. The molecule has 0 saturated heterocycles. The summed E-state index contributed by atoms with van der Waals surface area (Å²) < 4.78 is 8.63. The Hall–Kier alpha value is -3.61. The van der Waals surface area contributed by atoms with Gasteiger partial charge in [-0.15, -0.1) is 0 Å². The smallest absolute Gasteiger partial charge is 0.339 e. The van der Waals surface area contributed by atoms with Crippen LogP contribution in [-0.4, -0.2) is 26.8 Å². The normalized spacial score (nSPS) is 18.1. The molecule has 2 aromatic carbocycles. The maximum atomic E-state index is 13.1. The summed E-state index contributed by atoms with van der Waals surface area (Å²) in [6, 6.07) is 16.2. The third-order valence-corrected chi connectivity index (χ3v) is 5.36. The number of fused-ring (bicyclic) bond motifs is 1. The fourth-order valence-electron chi connectivity index (χ4n) is 3.62. The van der Waals surface area contributed by atoms with Crippen molar-refractivity contribution in [3.05, 3.63) is 81.8 Å². The first-order chi connectivity index (χ1) is 13.8. The van der Waals surface area contributed by atoms with E-state index in [1.807, 2.05) is 36.4 Å². The summed E-state index contributed by atoms with van der Waals surface area (Å²) in [4.78, 5) is 38.4. The first kappa shape index (κ1) is 18.7. The van der Waals surface area contributed by atoms with E-state index in [-0.39, 0.29) is 17.7 Å². The topological polar surface area (TPSA) is 82.3 Å². The monoisotopic (exact) mass is 391 g/mol. The van der Waals surface area contributed by atoms with Gasteiger partial charge in [-0.05, 0) is 37.6 Å². The molecule has 148 valence electrons. The van der Waals surface area contributed by atoms with E-state index >= 15 is 0 Å². The molecular formula is C22H21N3O4. The molecule has 0 bridgehead atoms. The van der Waals surface area contributed by atoms with E-state index in [4.69, 9.17) is 4.74 Å². The molecule has 3 aromatic rings. The van der Waals surface area contributed by atoms with Crippen LogP contribution in [0.1, 0.15) is 28.5 Å². The molecule has 1 aromatic heterocycles. The maximum Gasteiger partial charge on any atom is 0.339 e. The Morgan fingerprint density at radius 1 is 1.07 bits per heavy atom. The molecular weight excluding hydrogens is 370 g/mol. The van der Waals surface area contributed by atoms with Crippen molar-refractivity contribution in [2.45, 2.75) is 25.9 Å². The van der Waals surface area contributed by atoms with Crippen molar-refractivity contribution < 1.29 is 14.3 Å². The van der Waals surface area contributed by atoms with Gasteiger partial charge in [-0.3, -0.25) is 14.3 Å². The van der Waals surface area contributed by atoms with Crippen molar-refractivity contribution in [3.8, 4) is 5.69 Å². The van der Waals surface area contributed by atoms with Crippen LogP contribution in [-0.2, 0) is 23.0 Å². The number of nitrogens with zero attached hydrogens (tertiary/aromatic N) is 2. The Labute approximate surface area is 167 Å². The van der Waals surface area contributed by atoms with Gasteiger partial charge in [-0.25, -0.2) is 9.48 Å². The van der Waals surface area contributed by atoms with Gasteiger partial charge in [0, 0.05) is 13.5 Å². The van der Waals surface area contributed by atoms with E-state index in [1.54, 1.807) is 43.8 Å². The van der Waals surface area contributed by atoms with Gasteiger partial charge in [0.05, 0.1) is 16.9 Å². The van der Waals surface area contributed by atoms with Crippen molar-refractivity contribution in [2.24, 2.45) is 7.05 Å². The van der Waals surface area contributed by atoms with Gasteiger partial charge in [0.2, 0.25) is 0 Å². The number of para-hydroxylation sites is 1. The second kappa shape index (κ2) is 6.77. The molecule has 29 heavy (non-hydrogen) atoms. The van der Waals surface area contributed by atoms with E-state index in [1.165, 1.54) is 4.68 Å². The molecule has 0 radical (unpaired) electrons. The number of carbonyl (C=O) groups excluding carboxylic acids is 2. The third kappa shape index (κ3) is 3.04. The highest BCUT2D eigenvalue weighted by Gasteiger charge is 2.43. The summed E-state index contributed by atoms with van der Waals surface area (Å²) in [5.41, 5.74) is 0.893. The summed E-state index contributed by atoms with van der Waals surface area (Å²) in [5, 5.41) is 2.70. The molecule has 1 atom stereocenters. The number of rotatable bonds is 3. The molecule has 0 spiro atoms. The number of cyclic esters (lactones) is 1. The average Bonchev–Trinajstić information content (AvgIpc) is 2.92. The van der Waals surface area contributed by atoms with Crippen LogP contribution in [0.4, 0.5) is 5.69 Å². The van der Waals surface area contributed by atoms with Crippen LogP contribution in [0.25, 0.3) is 5.69 Å². The molecule has 7 nitrogen and oxygen atoms in total. The third-order valence-electron chi connectivity index (χ3n) is 5.36. The number of amides is 1. The van der Waals surface area contributed by atoms with Gasteiger partial charge in [0.1, 0.15) is 5.69 Å². The molecule has 1 aliphatic heterocycles. The minimum absolute atomic E-state index is 0.164. The van der Waals surface area contributed by atoms with Gasteiger partial charge in [0.15, 0.2) is 5.60 Å². The van der Waals surface area contributed by atoms with Crippen LogP contribution in [0.15, 0.2) is 59.4 Å². The first-order valence-electron chi connectivity index (χ1n) is 9.28. The number of hydrogen-bond acceptors (Lipinski definition) is 4. The van der Waals surface area contributed by atoms with Gasteiger partial charge in [-0.1, -0.05) is 36.4 Å². The summed E-state index contributed by atoms with van der Waals surface area (Å²) in [7, 11) is 1.75. The van der Waals surface area contributed by atoms with Gasteiger partial charge >= 0.3 is 5.97 Å². The van der Waals surface area contributed by atoms with E-state index in [0.717, 1.165) is 5.56 Å². The summed E-state index contributed by atoms with van der Waals surface area (Å²) in [6.07, 6.45) is 0.236. The zero-order chi connectivity index (χ0) is 20.8. The van der Waals surface area contributed by atoms with Gasteiger partial charge < -0.3 is 10.1 Å². The summed E-state index contributed by atoms with van der Waals surface area (Å²) in [6.45, 7) is 3.31. The Bertz CT molecular complexity index is 1180. The summed E-state index contributed by atoms with van der Waals surface area (Å²) in [5.74, 6) is -1.08. The van der Waals surface area contributed by atoms with Crippen molar-refractivity contribution >= 4 is 17.6 Å². The number of nitrogens with one attached hydrogen (secondary N) is 1. The second-order valence-electron chi connectivity index (χ2n) is 7.34. The first-order valence-corrected chi connectivity index (χ1v) is 9.28. The molecule has 1 aliphatic rings. The Balaban J connectivity index is 1.68. The van der Waals surface area contributed by atoms with Crippen LogP contribution in [0.3, 0.4) is 0 Å².